The number of nitrogens with zero attached hydrogens (tertiary/aromatic N) is 3. The van der Waals surface area contributed by atoms with Gasteiger partial charge in [0, 0.05) is 25.6 Å². The van der Waals surface area contributed by atoms with Crippen LogP contribution in [0.4, 0.5) is 5.95 Å². The van der Waals surface area contributed by atoms with Crippen LogP contribution in [-0.2, 0) is 16.1 Å². The number of amides is 2. The van der Waals surface area contributed by atoms with Gasteiger partial charge in [0.25, 0.3) is 0 Å². The number of anilines is 1. The summed E-state index contributed by atoms with van der Waals surface area (Å²) in [6.45, 7) is 3.45. The summed E-state index contributed by atoms with van der Waals surface area (Å²) in [5.41, 5.74) is 1.90. The van der Waals surface area contributed by atoms with Gasteiger partial charge in [-0.25, -0.2) is 4.98 Å². The Balaban J connectivity index is 1.54. The van der Waals surface area contributed by atoms with E-state index in [9.17, 15) is 9.59 Å². The number of rotatable bonds is 5. The standard InChI is InChI=1S/C18H22N4O2/c1-2-9-21-15-6-4-3-5-14(15)19-18(21)20-17(24)12-10-16(23)22(11-12)13-7-8-13/h3-6,12-13H,2,7-11H2,1H3,(H,19,20,24). The van der Waals surface area contributed by atoms with Crippen molar-refractivity contribution in [2.24, 2.45) is 5.92 Å². The van der Waals surface area contributed by atoms with Crippen LogP contribution in [0.25, 0.3) is 11.0 Å². The molecule has 126 valence electrons. The molecule has 2 heterocycles. The lowest BCUT2D eigenvalue weighted by molar-refractivity contribution is -0.128. The van der Waals surface area contributed by atoms with Crippen molar-refractivity contribution in [1.82, 2.24) is 14.5 Å². The van der Waals surface area contributed by atoms with E-state index in [0.717, 1.165) is 36.8 Å². The van der Waals surface area contributed by atoms with E-state index in [-0.39, 0.29) is 17.7 Å². The second-order valence-corrected chi connectivity index (χ2v) is 6.74. The largest absolute Gasteiger partial charge is 0.339 e. The number of likely N-dealkylation sites (tertiary alicyclic amines) is 1. The Bertz CT molecular complexity index is 793. The van der Waals surface area contributed by atoms with Crippen molar-refractivity contribution >= 4 is 28.8 Å². The number of carbonyl (C=O) groups is 2. The van der Waals surface area contributed by atoms with E-state index in [2.05, 4.69) is 17.2 Å². The first-order chi connectivity index (χ1) is 11.7. The molecule has 6 heteroatoms. The Hall–Kier alpha value is -2.37. The van der Waals surface area contributed by atoms with Crippen LogP contribution in [0.3, 0.4) is 0 Å². The van der Waals surface area contributed by atoms with Gasteiger partial charge >= 0.3 is 0 Å². The first-order valence-corrected chi connectivity index (χ1v) is 8.73. The molecule has 4 rings (SSSR count). The molecule has 1 atom stereocenters. The zero-order valence-corrected chi connectivity index (χ0v) is 13.9. The fourth-order valence-corrected chi connectivity index (χ4v) is 3.48. The maximum absolute atomic E-state index is 12.6. The summed E-state index contributed by atoms with van der Waals surface area (Å²) in [5.74, 6) is 0.326. The lowest BCUT2D eigenvalue weighted by Gasteiger charge is -2.15. The van der Waals surface area contributed by atoms with Gasteiger partial charge in [-0.3, -0.25) is 14.9 Å². The highest BCUT2D eigenvalue weighted by molar-refractivity contribution is 5.97. The number of fused-ring (bicyclic) bond motifs is 1. The number of hydrogen-bond acceptors (Lipinski definition) is 3. The predicted octanol–water partition coefficient (Wildman–Crippen LogP) is 2.40. The lowest BCUT2D eigenvalue weighted by Crippen LogP contribution is -2.30. The monoisotopic (exact) mass is 326 g/mol. The van der Waals surface area contributed by atoms with Gasteiger partial charge in [-0.05, 0) is 31.4 Å². The van der Waals surface area contributed by atoms with Gasteiger partial charge in [-0.2, -0.15) is 0 Å². The Kier molecular flexibility index (Phi) is 3.75. The first-order valence-electron chi connectivity index (χ1n) is 8.73. The summed E-state index contributed by atoms with van der Waals surface area (Å²) in [6, 6.07) is 8.26. The number of hydrogen-bond donors (Lipinski definition) is 1. The van der Waals surface area contributed by atoms with E-state index >= 15 is 0 Å². The molecule has 6 nitrogen and oxygen atoms in total. The molecule has 1 aromatic heterocycles. The van der Waals surface area contributed by atoms with Crippen molar-refractivity contribution in [2.75, 3.05) is 11.9 Å². The van der Waals surface area contributed by atoms with Crippen LogP contribution in [0, 0.1) is 5.92 Å². The zero-order valence-electron chi connectivity index (χ0n) is 13.9. The molecule has 1 aliphatic heterocycles. The van der Waals surface area contributed by atoms with Crippen molar-refractivity contribution < 1.29 is 9.59 Å². The number of para-hydroxylation sites is 2. The van der Waals surface area contributed by atoms with Gasteiger partial charge in [0.1, 0.15) is 0 Å². The third-order valence-electron chi connectivity index (χ3n) is 4.85. The molecule has 1 saturated carbocycles. The molecule has 1 aliphatic carbocycles. The maximum Gasteiger partial charge on any atom is 0.232 e. The summed E-state index contributed by atoms with van der Waals surface area (Å²) in [6.07, 6.45) is 3.43. The van der Waals surface area contributed by atoms with E-state index in [0.29, 0.717) is 25.0 Å². The summed E-state index contributed by atoms with van der Waals surface area (Å²) in [4.78, 5) is 31.1. The number of benzene rings is 1. The van der Waals surface area contributed by atoms with Gasteiger partial charge in [-0.15, -0.1) is 0 Å². The van der Waals surface area contributed by atoms with Crippen LogP contribution < -0.4 is 5.32 Å². The van der Waals surface area contributed by atoms with Gasteiger partial charge in [0.15, 0.2) is 0 Å². The SMILES string of the molecule is CCCn1c(NC(=O)C2CC(=O)N(C3CC3)C2)nc2ccccc21. The molecular weight excluding hydrogens is 304 g/mol. The van der Waals surface area contributed by atoms with E-state index in [1.54, 1.807) is 0 Å². The molecule has 0 bridgehead atoms. The van der Waals surface area contributed by atoms with Crippen LogP contribution >= 0.6 is 0 Å². The van der Waals surface area contributed by atoms with Gasteiger partial charge in [-0.1, -0.05) is 19.1 Å². The van der Waals surface area contributed by atoms with Crippen molar-refractivity contribution in [3.05, 3.63) is 24.3 Å². The lowest BCUT2D eigenvalue weighted by atomic mass is 10.1. The zero-order chi connectivity index (χ0) is 16.7. The topological polar surface area (TPSA) is 67.2 Å². The highest BCUT2D eigenvalue weighted by Crippen LogP contribution is 2.33. The number of nitrogens with one attached hydrogen (secondary N) is 1. The van der Waals surface area contributed by atoms with E-state index in [1.807, 2.05) is 33.7 Å². The fraction of sp³-hybridized carbons (Fsp3) is 0.500. The molecule has 2 aliphatic rings. The summed E-state index contributed by atoms with van der Waals surface area (Å²) in [7, 11) is 0. The van der Waals surface area contributed by atoms with E-state index < -0.39 is 0 Å². The summed E-state index contributed by atoms with van der Waals surface area (Å²) in [5, 5.41) is 2.96. The average Bonchev–Trinajstić information content (AvgIpc) is 3.26. The molecule has 24 heavy (non-hydrogen) atoms. The number of aryl methyl sites for hydroxylation is 1. The molecule has 2 fully saturated rings. The van der Waals surface area contributed by atoms with Crippen LogP contribution in [0.5, 0.6) is 0 Å². The normalized spacial score (nSPS) is 20.8. The van der Waals surface area contributed by atoms with Crippen LogP contribution in [0.15, 0.2) is 24.3 Å². The number of carbonyl (C=O) groups excluding carboxylic acids is 2. The second-order valence-electron chi connectivity index (χ2n) is 6.74. The van der Waals surface area contributed by atoms with Gasteiger partial charge in [0.05, 0.1) is 17.0 Å². The quantitative estimate of drug-likeness (QED) is 0.917. The number of aromatic nitrogens is 2. The van der Waals surface area contributed by atoms with Crippen molar-refractivity contribution in [3.8, 4) is 0 Å². The van der Waals surface area contributed by atoms with Crippen LogP contribution in [-0.4, -0.2) is 38.9 Å². The van der Waals surface area contributed by atoms with Gasteiger partial charge in [0.2, 0.25) is 17.8 Å². The fourth-order valence-electron chi connectivity index (χ4n) is 3.48. The van der Waals surface area contributed by atoms with Crippen LogP contribution in [0.1, 0.15) is 32.6 Å². The molecule has 1 N–H and O–H groups in total. The Labute approximate surface area is 140 Å². The molecule has 1 aromatic carbocycles. The maximum atomic E-state index is 12.6. The molecule has 1 unspecified atom stereocenters. The minimum atomic E-state index is -0.270. The molecule has 1 saturated heterocycles. The molecule has 0 radical (unpaired) electrons. The van der Waals surface area contributed by atoms with Crippen molar-refractivity contribution in [3.63, 3.8) is 0 Å². The van der Waals surface area contributed by atoms with Crippen molar-refractivity contribution in [1.29, 1.82) is 0 Å². The highest BCUT2D eigenvalue weighted by atomic mass is 16.2. The van der Waals surface area contributed by atoms with Gasteiger partial charge < -0.3 is 9.47 Å². The van der Waals surface area contributed by atoms with Crippen molar-refractivity contribution in [2.45, 2.75) is 45.2 Å². The minimum absolute atomic E-state index is 0.0980. The minimum Gasteiger partial charge on any atom is -0.339 e. The van der Waals surface area contributed by atoms with Crippen LogP contribution in [0.2, 0.25) is 0 Å². The Morgan fingerprint density at radius 3 is 2.88 bits per heavy atom. The predicted molar refractivity (Wildman–Crippen MR) is 91.5 cm³/mol. The third-order valence-corrected chi connectivity index (χ3v) is 4.85. The smallest absolute Gasteiger partial charge is 0.232 e. The highest BCUT2D eigenvalue weighted by Gasteiger charge is 2.41. The summed E-state index contributed by atoms with van der Waals surface area (Å²) >= 11 is 0. The Morgan fingerprint density at radius 1 is 1.33 bits per heavy atom. The molecular formula is C18H22N4O2. The molecule has 2 aromatic rings. The van der Waals surface area contributed by atoms with E-state index in [4.69, 9.17) is 0 Å². The van der Waals surface area contributed by atoms with E-state index in [1.165, 1.54) is 0 Å². The second kappa shape index (κ2) is 5.92. The molecule has 0 spiro atoms. The Morgan fingerprint density at radius 2 is 2.12 bits per heavy atom. The third kappa shape index (κ3) is 2.66. The first kappa shape index (κ1) is 15.2. The molecule has 2 amide bonds. The summed E-state index contributed by atoms with van der Waals surface area (Å²) < 4.78 is 2.04. The number of imidazole rings is 1. The average molecular weight is 326 g/mol.